The summed E-state index contributed by atoms with van der Waals surface area (Å²) in [7, 11) is 3.95. The van der Waals surface area contributed by atoms with Gasteiger partial charge in [0.2, 0.25) is 0 Å². The van der Waals surface area contributed by atoms with Crippen molar-refractivity contribution >= 4 is 17.6 Å². The van der Waals surface area contributed by atoms with Crippen LogP contribution in [0.15, 0.2) is 53.5 Å². The van der Waals surface area contributed by atoms with Gasteiger partial charge in [-0.05, 0) is 35.4 Å². The molecule has 6 nitrogen and oxygen atoms in total. The number of hydrogen-bond acceptors (Lipinski definition) is 5. The maximum absolute atomic E-state index is 10.6. The third kappa shape index (κ3) is 4.62. The number of benzene rings is 2. The highest BCUT2D eigenvalue weighted by Crippen LogP contribution is 2.18. The van der Waals surface area contributed by atoms with Crippen molar-refractivity contribution in [1.29, 1.82) is 0 Å². The van der Waals surface area contributed by atoms with E-state index in [0.717, 1.165) is 11.3 Å². The molecule has 6 heteroatoms. The molecule has 120 valence electrons. The molecular formula is C17H19N3O3. The van der Waals surface area contributed by atoms with Gasteiger partial charge in [-0.15, -0.1) is 0 Å². The average Bonchev–Trinajstić information content (AvgIpc) is 2.55. The molecule has 0 spiro atoms. The van der Waals surface area contributed by atoms with Crippen LogP contribution in [0, 0.1) is 10.1 Å². The Morgan fingerprint density at radius 1 is 1.17 bits per heavy atom. The highest BCUT2D eigenvalue weighted by Gasteiger charge is 2.09. The van der Waals surface area contributed by atoms with Crippen molar-refractivity contribution in [2.45, 2.75) is 6.10 Å². The van der Waals surface area contributed by atoms with Crippen LogP contribution in [0.2, 0.25) is 0 Å². The molecule has 0 amide bonds. The fraction of sp³-hybridized carbons (Fsp3) is 0.235. The smallest absolute Gasteiger partial charge is 0.269 e. The molecule has 0 aliphatic heterocycles. The van der Waals surface area contributed by atoms with Crippen LogP contribution < -0.4 is 4.90 Å². The molecule has 0 unspecified atom stereocenters. The van der Waals surface area contributed by atoms with Gasteiger partial charge in [0.25, 0.3) is 5.69 Å². The van der Waals surface area contributed by atoms with Gasteiger partial charge in [0.15, 0.2) is 0 Å². The van der Waals surface area contributed by atoms with Crippen LogP contribution in [0.1, 0.15) is 17.2 Å². The first-order valence-electron chi connectivity index (χ1n) is 7.17. The molecule has 2 rings (SSSR count). The van der Waals surface area contributed by atoms with E-state index in [9.17, 15) is 15.2 Å². The molecule has 2 aromatic carbocycles. The van der Waals surface area contributed by atoms with Crippen molar-refractivity contribution in [2.75, 3.05) is 25.5 Å². The second-order valence-corrected chi connectivity index (χ2v) is 5.34. The number of anilines is 1. The lowest BCUT2D eigenvalue weighted by Gasteiger charge is -2.11. The summed E-state index contributed by atoms with van der Waals surface area (Å²) in [4.78, 5) is 16.4. The molecular weight excluding hydrogens is 294 g/mol. The third-order valence-corrected chi connectivity index (χ3v) is 3.42. The van der Waals surface area contributed by atoms with Crippen molar-refractivity contribution in [3.63, 3.8) is 0 Å². The maximum Gasteiger partial charge on any atom is 0.269 e. The number of nitro groups is 1. The van der Waals surface area contributed by atoms with E-state index in [1.165, 1.54) is 12.1 Å². The zero-order valence-electron chi connectivity index (χ0n) is 13.1. The fourth-order valence-electron chi connectivity index (χ4n) is 2.04. The van der Waals surface area contributed by atoms with Crippen LogP contribution in [0.25, 0.3) is 0 Å². The third-order valence-electron chi connectivity index (χ3n) is 3.42. The highest BCUT2D eigenvalue weighted by atomic mass is 16.6. The normalized spacial score (nSPS) is 12.3. The summed E-state index contributed by atoms with van der Waals surface area (Å²) in [6.45, 7) is 0.202. The number of rotatable bonds is 6. The van der Waals surface area contributed by atoms with Gasteiger partial charge in [0.1, 0.15) is 0 Å². The second-order valence-electron chi connectivity index (χ2n) is 5.34. The lowest BCUT2D eigenvalue weighted by molar-refractivity contribution is -0.384. The summed E-state index contributed by atoms with van der Waals surface area (Å²) >= 11 is 0. The summed E-state index contributed by atoms with van der Waals surface area (Å²) in [6, 6.07) is 13.7. The van der Waals surface area contributed by atoms with Crippen LogP contribution >= 0.6 is 0 Å². The molecule has 0 radical (unpaired) electrons. The van der Waals surface area contributed by atoms with Gasteiger partial charge < -0.3 is 10.0 Å². The Morgan fingerprint density at radius 3 is 2.30 bits per heavy atom. The summed E-state index contributed by atoms with van der Waals surface area (Å²) in [6.07, 6.45) is 0.918. The van der Waals surface area contributed by atoms with E-state index in [4.69, 9.17) is 0 Å². The molecule has 2 aromatic rings. The van der Waals surface area contributed by atoms with E-state index < -0.39 is 11.0 Å². The Kier molecular flexibility index (Phi) is 5.43. The summed E-state index contributed by atoms with van der Waals surface area (Å²) in [5.74, 6) is 0. The van der Waals surface area contributed by atoms with Gasteiger partial charge in [-0.3, -0.25) is 15.1 Å². The first-order valence-corrected chi connectivity index (χ1v) is 7.17. The minimum Gasteiger partial charge on any atom is -0.386 e. The van der Waals surface area contributed by atoms with Gasteiger partial charge in [0.05, 0.1) is 17.6 Å². The van der Waals surface area contributed by atoms with Crippen LogP contribution in [-0.4, -0.2) is 36.9 Å². The van der Waals surface area contributed by atoms with Crippen molar-refractivity contribution in [3.05, 3.63) is 69.8 Å². The number of hydrogen-bond donors (Lipinski definition) is 1. The largest absolute Gasteiger partial charge is 0.386 e. The predicted octanol–water partition coefficient (Wildman–Crippen LogP) is 2.81. The topological polar surface area (TPSA) is 79.0 Å². The summed E-state index contributed by atoms with van der Waals surface area (Å²) in [5, 5.41) is 20.6. The molecule has 0 heterocycles. The molecule has 23 heavy (non-hydrogen) atoms. The molecule has 0 aliphatic carbocycles. The minimum absolute atomic E-state index is 0.00503. The van der Waals surface area contributed by atoms with E-state index in [1.807, 2.05) is 43.3 Å². The van der Waals surface area contributed by atoms with Gasteiger partial charge in [0, 0.05) is 38.1 Å². The Hall–Kier alpha value is -2.73. The van der Waals surface area contributed by atoms with E-state index in [1.54, 1.807) is 18.3 Å². The SMILES string of the molecule is CN(C)c1ccc(C=NC[C@@H](O)c2ccc([N+](=O)[O-])cc2)cc1. The second kappa shape index (κ2) is 7.51. The van der Waals surface area contributed by atoms with Gasteiger partial charge >= 0.3 is 0 Å². The molecule has 0 bridgehead atoms. The Balaban J connectivity index is 1.95. The van der Waals surface area contributed by atoms with Crippen molar-refractivity contribution < 1.29 is 10.0 Å². The molecule has 0 aliphatic rings. The first-order chi connectivity index (χ1) is 11.0. The van der Waals surface area contributed by atoms with Crippen molar-refractivity contribution in [1.82, 2.24) is 0 Å². The average molecular weight is 313 g/mol. The van der Waals surface area contributed by atoms with Crippen LogP contribution in [0.5, 0.6) is 0 Å². The standard InChI is InChI=1S/C17H19N3O3/c1-19(2)15-7-3-13(4-8-15)11-18-12-17(21)14-5-9-16(10-6-14)20(22)23/h3-11,17,21H,12H2,1-2H3/t17-/m1/s1. The van der Waals surface area contributed by atoms with Crippen molar-refractivity contribution in [2.24, 2.45) is 4.99 Å². The van der Waals surface area contributed by atoms with E-state index >= 15 is 0 Å². The first kappa shape index (κ1) is 16.6. The summed E-state index contributed by atoms with van der Waals surface area (Å²) < 4.78 is 0. The zero-order chi connectivity index (χ0) is 16.8. The van der Waals surface area contributed by atoms with Crippen LogP contribution in [0.4, 0.5) is 11.4 Å². The number of aliphatic hydroxyl groups excluding tert-OH is 1. The van der Waals surface area contributed by atoms with Gasteiger partial charge in [-0.1, -0.05) is 12.1 Å². The predicted molar refractivity (Wildman–Crippen MR) is 91.3 cm³/mol. The minimum atomic E-state index is -0.784. The zero-order valence-corrected chi connectivity index (χ0v) is 13.1. The Morgan fingerprint density at radius 2 is 1.78 bits per heavy atom. The Labute approximate surface area is 134 Å². The summed E-state index contributed by atoms with van der Waals surface area (Å²) in [5.41, 5.74) is 2.67. The molecule has 1 atom stereocenters. The highest BCUT2D eigenvalue weighted by molar-refractivity contribution is 5.80. The maximum atomic E-state index is 10.6. The number of non-ortho nitro benzene ring substituents is 1. The number of aliphatic hydroxyl groups is 1. The van der Waals surface area contributed by atoms with Gasteiger partial charge in [-0.25, -0.2) is 0 Å². The monoisotopic (exact) mass is 313 g/mol. The number of aliphatic imine (C=N–C) groups is 1. The van der Waals surface area contributed by atoms with E-state index in [-0.39, 0.29) is 12.2 Å². The lowest BCUT2D eigenvalue weighted by Crippen LogP contribution is -2.08. The molecule has 0 saturated heterocycles. The fourth-order valence-corrected chi connectivity index (χ4v) is 2.04. The number of nitrogens with zero attached hydrogens (tertiary/aromatic N) is 3. The molecule has 0 aromatic heterocycles. The molecule has 0 saturated carbocycles. The quantitative estimate of drug-likeness (QED) is 0.505. The van der Waals surface area contributed by atoms with E-state index in [2.05, 4.69) is 4.99 Å². The molecule has 1 N–H and O–H groups in total. The van der Waals surface area contributed by atoms with Crippen LogP contribution in [-0.2, 0) is 0 Å². The number of nitro benzene ring substituents is 1. The van der Waals surface area contributed by atoms with Crippen LogP contribution in [0.3, 0.4) is 0 Å². The Bertz CT molecular complexity index is 679. The van der Waals surface area contributed by atoms with Gasteiger partial charge in [-0.2, -0.15) is 0 Å². The molecule has 0 fully saturated rings. The van der Waals surface area contributed by atoms with Crippen molar-refractivity contribution in [3.8, 4) is 0 Å². The lowest BCUT2D eigenvalue weighted by atomic mass is 10.1. The van der Waals surface area contributed by atoms with E-state index in [0.29, 0.717) is 5.56 Å².